The van der Waals surface area contributed by atoms with Gasteiger partial charge in [-0.05, 0) is 18.6 Å². The van der Waals surface area contributed by atoms with E-state index in [0.717, 1.165) is 6.42 Å². The molecule has 2 nitrogen and oxygen atoms in total. The monoisotopic (exact) mass is 228 g/mol. The van der Waals surface area contributed by atoms with Gasteiger partial charge in [-0.15, -0.1) is 0 Å². The summed E-state index contributed by atoms with van der Waals surface area (Å²) in [4.78, 5) is 0. The first-order valence-electron chi connectivity index (χ1n) is 5.36. The Morgan fingerprint density at radius 1 is 1.27 bits per heavy atom. The Hall–Kier alpha value is -0.890. The average molecular weight is 229 g/mol. The molecule has 1 N–H and O–H groups in total. The molecule has 0 bridgehead atoms. The molecular weight excluding hydrogens is 212 g/mol. The predicted molar refractivity (Wildman–Crippen MR) is 62.8 cm³/mol. The van der Waals surface area contributed by atoms with Crippen LogP contribution in [0.4, 0.5) is 0 Å². The Labute approximate surface area is 95.8 Å². The van der Waals surface area contributed by atoms with Gasteiger partial charge in [-0.3, -0.25) is 0 Å². The van der Waals surface area contributed by atoms with Crippen molar-refractivity contribution in [2.24, 2.45) is 0 Å². The van der Waals surface area contributed by atoms with Crippen molar-refractivity contribution >= 4 is 11.6 Å². The van der Waals surface area contributed by atoms with Gasteiger partial charge in [0.25, 0.3) is 0 Å². The molecule has 0 saturated heterocycles. The number of benzene rings is 1. The van der Waals surface area contributed by atoms with Crippen LogP contribution in [-0.2, 0) is 0 Å². The van der Waals surface area contributed by atoms with E-state index in [1.54, 1.807) is 18.2 Å². The topological polar surface area (TPSA) is 29.5 Å². The maximum atomic E-state index is 9.33. The first kappa shape index (κ1) is 12.2. The van der Waals surface area contributed by atoms with Gasteiger partial charge in [-0.25, -0.2) is 0 Å². The molecule has 1 aromatic carbocycles. The van der Waals surface area contributed by atoms with Crippen LogP contribution in [0.3, 0.4) is 0 Å². The summed E-state index contributed by atoms with van der Waals surface area (Å²) >= 11 is 5.86. The fourth-order valence-corrected chi connectivity index (χ4v) is 1.50. The SMILES string of the molecule is CCCCCCOc1cccc(O)c1Cl. The van der Waals surface area contributed by atoms with Crippen molar-refractivity contribution in [1.29, 1.82) is 0 Å². The van der Waals surface area contributed by atoms with E-state index >= 15 is 0 Å². The minimum Gasteiger partial charge on any atom is -0.506 e. The summed E-state index contributed by atoms with van der Waals surface area (Å²) in [6.45, 7) is 2.83. The lowest BCUT2D eigenvalue weighted by Crippen LogP contribution is -1.97. The zero-order valence-electron chi connectivity index (χ0n) is 9.00. The second-order valence-electron chi connectivity index (χ2n) is 3.50. The highest BCUT2D eigenvalue weighted by Crippen LogP contribution is 2.32. The Balaban J connectivity index is 2.34. The summed E-state index contributed by atoms with van der Waals surface area (Å²) in [6.07, 6.45) is 4.65. The molecule has 0 heterocycles. The van der Waals surface area contributed by atoms with Gasteiger partial charge in [0.2, 0.25) is 0 Å². The number of hydrogen-bond donors (Lipinski definition) is 1. The van der Waals surface area contributed by atoms with E-state index < -0.39 is 0 Å². The van der Waals surface area contributed by atoms with Crippen LogP contribution in [0.1, 0.15) is 32.6 Å². The van der Waals surface area contributed by atoms with Crippen molar-refractivity contribution < 1.29 is 9.84 Å². The van der Waals surface area contributed by atoms with E-state index in [1.807, 2.05) is 0 Å². The number of phenolic OH excluding ortho intramolecular Hbond substituents is 1. The van der Waals surface area contributed by atoms with Gasteiger partial charge in [0.05, 0.1) is 6.61 Å². The molecule has 15 heavy (non-hydrogen) atoms. The van der Waals surface area contributed by atoms with E-state index in [9.17, 15) is 5.11 Å². The lowest BCUT2D eigenvalue weighted by Gasteiger charge is -2.08. The quantitative estimate of drug-likeness (QED) is 0.746. The normalized spacial score (nSPS) is 10.3. The number of ether oxygens (including phenoxy) is 1. The van der Waals surface area contributed by atoms with Crippen molar-refractivity contribution in [3.8, 4) is 11.5 Å². The molecule has 1 aromatic rings. The smallest absolute Gasteiger partial charge is 0.141 e. The van der Waals surface area contributed by atoms with Gasteiger partial charge >= 0.3 is 0 Å². The number of hydrogen-bond acceptors (Lipinski definition) is 2. The largest absolute Gasteiger partial charge is 0.506 e. The van der Waals surface area contributed by atoms with Crippen molar-refractivity contribution in [1.82, 2.24) is 0 Å². The van der Waals surface area contributed by atoms with Crippen LogP contribution in [0, 0.1) is 0 Å². The molecule has 0 aliphatic heterocycles. The summed E-state index contributed by atoms with van der Waals surface area (Å²) in [7, 11) is 0. The summed E-state index contributed by atoms with van der Waals surface area (Å²) in [5, 5.41) is 9.63. The van der Waals surface area contributed by atoms with Crippen molar-refractivity contribution in [3.63, 3.8) is 0 Å². The molecule has 0 spiro atoms. The van der Waals surface area contributed by atoms with E-state index in [4.69, 9.17) is 16.3 Å². The molecule has 0 atom stereocenters. The molecule has 0 aromatic heterocycles. The van der Waals surface area contributed by atoms with Crippen molar-refractivity contribution in [2.45, 2.75) is 32.6 Å². The van der Waals surface area contributed by atoms with Crippen LogP contribution in [0.25, 0.3) is 0 Å². The van der Waals surface area contributed by atoms with Gasteiger partial charge < -0.3 is 9.84 Å². The van der Waals surface area contributed by atoms with E-state index in [0.29, 0.717) is 17.4 Å². The van der Waals surface area contributed by atoms with Crippen molar-refractivity contribution in [2.75, 3.05) is 6.61 Å². The number of aromatic hydroxyl groups is 1. The molecule has 3 heteroatoms. The third kappa shape index (κ3) is 4.00. The average Bonchev–Trinajstić information content (AvgIpc) is 2.24. The van der Waals surface area contributed by atoms with Crippen LogP contribution in [0.2, 0.25) is 5.02 Å². The minimum atomic E-state index is 0.0720. The van der Waals surface area contributed by atoms with Crippen LogP contribution >= 0.6 is 11.6 Å². The third-order valence-electron chi connectivity index (χ3n) is 2.20. The standard InChI is InChI=1S/C12H17ClO2/c1-2-3-4-5-9-15-11-8-6-7-10(14)12(11)13/h6-8,14H,2-5,9H2,1H3. The van der Waals surface area contributed by atoms with Crippen LogP contribution < -0.4 is 4.74 Å². The molecule has 0 aliphatic rings. The van der Waals surface area contributed by atoms with E-state index in [1.165, 1.54) is 19.3 Å². The summed E-state index contributed by atoms with van der Waals surface area (Å²) < 4.78 is 5.47. The molecule has 0 unspecified atom stereocenters. The second kappa shape index (κ2) is 6.57. The molecule has 0 fully saturated rings. The van der Waals surface area contributed by atoms with Gasteiger partial charge in [-0.1, -0.05) is 43.9 Å². The van der Waals surface area contributed by atoms with Crippen LogP contribution in [0.5, 0.6) is 11.5 Å². The Morgan fingerprint density at radius 2 is 2.07 bits per heavy atom. The fraction of sp³-hybridized carbons (Fsp3) is 0.500. The highest BCUT2D eigenvalue weighted by Gasteiger charge is 2.04. The molecule has 0 saturated carbocycles. The zero-order chi connectivity index (χ0) is 11.1. The molecular formula is C12H17ClO2. The molecule has 0 amide bonds. The Morgan fingerprint density at radius 3 is 2.80 bits per heavy atom. The van der Waals surface area contributed by atoms with Crippen LogP contribution in [-0.4, -0.2) is 11.7 Å². The van der Waals surface area contributed by atoms with Gasteiger partial charge in [0, 0.05) is 0 Å². The lowest BCUT2D eigenvalue weighted by atomic mass is 10.2. The molecule has 0 radical (unpaired) electrons. The maximum absolute atomic E-state index is 9.33. The van der Waals surface area contributed by atoms with E-state index in [-0.39, 0.29) is 5.75 Å². The number of unbranched alkanes of at least 4 members (excludes halogenated alkanes) is 3. The summed E-state index contributed by atoms with van der Waals surface area (Å²) in [5.41, 5.74) is 0. The fourth-order valence-electron chi connectivity index (χ4n) is 1.32. The minimum absolute atomic E-state index is 0.0720. The lowest BCUT2D eigenvalue weighted by molar-refractivity contribution is 0.303. The first-order chi connectivity index (χ1) is 7.25. The highest BCUT2D eigenvalue weighted by atomic mass is 35.5. The maximum Gasteiger partial charge on any atom is 0.141 e. The predicted octanol–water partition coefficient (Wildman–Crippen LogP) is 4.00. The summed E-state index contributed by atoms with van der Waals surface area (Å²) in [6, 6.07) is 5.04. The van der Waals surface area contributed by atoms with E-state index in [2.05, 4.69) is 6.92 Å². The Kier molecular flexibility index (Phi) is 5.33. The number of rotatable bonds is 6. The second-order valence-corrected chi connectivity index (χ2v) is 3.88. The Bertz CT molecular complexity index is 300. The third-order valence-corrected chi connectivity index (χ3v) is 2.58. The van der Waals surface area contributed by atoms with Gasteiger partial charge in [0.15, 0.2) is 0 Å². The van der Waals surface area contributed by atoms with Gasteiger partial charge in [0.1, 0.15) is 16.5 Å². The summed E-state index contributed by atoms with van der Waals surface area (Å²) in [5.74, 6) is 0.635. The molecule has 0 aliphatic carbocycles. The zero-order valence-corrected chi connectivity index (χ0v) is 9.76. The van der Waals surface area contributed by atoms with Crippen LogP contribution in [0.15, 0.2) is 18.2 Å². The molecule has 1 rings (SSSR count). The number of halogens is 1. The van der Waals surface area contributed by atoms with Gasteiger partial charge in [-0.2, -0.15) is 0 Å². The highest BCUT2D eigenvalue weighted by molar-refractivity contribution is 6.33. The number of phenols is 1. The van der Waals surface area contributed by atoms with Crippen molar-refractivity contribution in [3.05, 3.63) is 23.2 Å². The first-order valence-corrected chi connectivity index (χ1v) is 5.73. The molecule has 84 valence electrons.